The molecule has 2 aromatic rings. The summed E-state index contributed by atoms with van der Waals surface area (Å²) in [6.45, 7) is -0.257. The van der Waals surface area contributed by atoms with E-state index in [9.17, 15) is 8.42 Å². The zero-order valence-corrected chi connectivity index (χ0v) is 11.3. The predicted octanol–water partition coefficient (Wildman–Crippen LogP) is 1.63. The number of hydrogen-bond acceptors (Lipinski definition) is 4. The van der Waals surface area contributed by atoms with Crippen LogP contribution in [0.3, 0.4) is 0 Å². The van der Waals surface area contributed by atoms with Gasteiger partial charge in [-0.25, -0.2) is 8.42 Å². The highest BCUT2D eigenvalue weighted by molar-refractivity contribution is 7.91. The van der Waals surface area contributed by atoms with Gasteiger partial charge in [0, 0.05) is 5.39 Å². The third-order valence-electron chi connectivity index (χ3n) is 2.80. The van der Waals surface area contributed by atoms with Crippen molar-refractivity contribution in [2.45, 2.75) is 0 Å². The first-order valence-electron chi connectivity index (χ1n) is 6.04. The first kappa shape index (κ1) is 13.8. The van der Waals surface area contributed by atoms with Crippen LogP contribution >= 0.6 is 0 Å². The van der Waals surface area contributed by atoms with E-state index in [1.165, 1.54) is 0 Å². The van der Waals surface area contributed by atoms with Gasteiger partial charge in [-0.05, 0) is 11.5 Å². The molecule has 2 aromatic carbocycles. The fourth-order valence-corrected chi connectivity index (χ4v) is 2.66. The Bertz CT molecular complexity index is 644. The molecule has 0 aliphatic heterocycles. The molecule has 0 saturated carbocycles. The zero-order valence-electron chi connectivity index (χ0n) is 10.5. The van der Waals surface area contributed by atoms with Crippen LogP contribution in [-0.4, -0.2) is 38.2 Å². The summed E-state index contributed by atoms with van der Waals surface area (Å²) in [5.74, 6) is 0.375. The van der Waals surface area contributed by atoms with Gasteiger partial charge in [-0.3, -0.25) is 0 Å². The van der Waals surface area contributed by atoms with Gasteiger partial charge in [-0.1, -0.05) is 36.4 Å². The summed E-state index contributed by atoms with van der Waals surface area (Å²) in [7, 11) is -3.23. The molecule has 0 amide bonds. The second kappa shape index (κ2) is 6.04. The Hall–Kier alpha value is -1.59. The normalized spacial score (nSPS) is 11.6. The molecule has 0 aliphatic carbocycles. The van der Waals surface area contributed by atoms with E-state index in [0.717, 1.165) is 10.8 Å². The quantitative estimate of drug-likeness (QED) is 0.873. The number of aliphatic hydroxyl groups is 1. The first-order chi connectivity index (χ1) is 9.12. The van der Waals surface area contributed by atoms with Crippen molar-refractivity contribution in [3.63, 3.8) is 0 Å². The van der Waals surface area contributed by atoms with Crippen molar-refractivity contribution in [1.29, 1.82) is 0 Å². The highest BCUT2D eigenvalue weighted by Crippen LogP contribution is 2.24. The second-order valence-corrected chi connectivity index (χ2v) is 6.50. The van der Waals surface area contributed by atoms with Crippen LogP contribution in [0.1, 0.15) is 0 Å². The molecule has 0 saturated heterocycles. The molecule has 0 bridgehead atoms. The average Bonchev–Trinajstić information content (AvgIpc) is 2.39. The summed E-state index contributed by atoms with van der Waals surface area (Å²) in [4.78, 5) is 0. The molecule has 4 nitrogen and oxygen atoms in total. The summed E-state index contributed by atoms with van der Waals surface area (Å²) in [6.07, 6.45) is 0. The maximum Gasteiger partial charge on any atom is 0.155 e. The van der Waals surface area contributed by atoms with Crippen LogP contribution in [0.15, 0.2) is 42.5 Å². The van der Waals surface area contributed by atoms with Gasteiger partial charge in [0.2, 0.25) is 0 Å². The lowest BCUT2D eigenvalue weighted by atomic mass is 10.1. The van der Waals surface area contributed by atoms with E-state index in [1.807, 2.05) is 42.5 Å². The minimum absolute atomic E-state index is 0.0865. The molecular weight excluding hydrogens is 264 g/mol. The Kier molecular flexibility index (Phi) is 4.39. The Labute approximate surface area is 112 Å². The van der Waals surface area contributed by atoms with Crippen LogP contribution in [0, 0.1) is 0 Å². The second-order valence-electron chi connectivity index (χ2n) is 4.20. The third kappa shape index (κ3) is 3.68. The monoisotopic (exact) mass is 280 g/mol. The molecular formula is C14H16O4S. The molecule has 0 aromatic heterocycles. The number of aliphatic hydroxyl groups excluding tert-OH is 1. The third-order valence-corrected chi connectivity index (χ3v) is 4.40. The molecule has 0 heterocycles. The van der Waals surface area contributed by atoms with Crippen LogP contribution in [0.25, 0.3) is 10.8 Å². The van der Waals surface area contributed by atoms with Crippen LogP contribution in [0.5, 0.6) is 5.75 Å². The number of benzene rings is 2. The minimum atomic E-state index is -3.23. The van der Waals surface area contributed by atoms with Crippen molar-refractivity contribution in [1.82, 2.24) is 0 Å². The molecule has 0 unspecified atom stereocenters. The predicted molar refractivity (Wildman–Crippen MR) is 75.2 cm³/mol. The molecule has 0 radical (unpaired) electrons. The van der Waals surface area contributed by atoms with Gasteiger partial charge in [0.15, 0.2) is 9.84 Å². The zero-order chi connectivity index (χ0) is 13.7. The number of rotatable bonds is 6. The van der Waals surface area contributed by atoms with Crippen molar-refractivity contribution >= 4 is 20.6 Å². The fourth-order valence-electron chi connectivity index (χ4n) is 1.84. The van der Waals surface area contributed by atoms with Gasteiger partial charge in [0.1, 0.15) is 12.4 Å². The van der Waals surface area contributed by atoms with Crippen molar-refractivity contribution in [2.75, 3.05) is 24.7 Å². The van der Waals surface area contributed by atoms with Crippen molar-refractivity contribution in [3.05, 3.63) is 42.5 Å². The van der Waals surface area contributed by atoms with E-state index in [-0.39, 0.29) is 24.7 Å². The smallest absolute Gasteiger partial charge is 0.155 e. The maximum atomic E-state index is 11.4. The SMILES string of the molecule is O=S(=O)(CCO)CCOc1cccc2ccccc12. The van der Waals surface area contributed by atoms with E-state index in [2.05, 4.69) is 0 Å². The lowest BCUT2D eigenvalue weighted by Crippen LogP contribution is -2.19. The highest BCUT2D eigenvalue weighted by Gasteiger charge is 2.10. The van der Waals surface area contributed by atoms with Crippen molar-refractivity contribution in [2.24, 2.45) is 0 Å². The number of ether oxygens (including phenoxy) is 1. The molecule has 102 valence electrons. The average molecular weight is 280 g/mol. The Balaban J connectivity index is 2.06. The van der Waals surface area contributed by atoms with Gasteiger partial charge < -0.3 is 9.84 Å². The molecule has 0 spiro atoms. The van der Waals surface area contributed by atoms with E-state index in [4.69, 9.17) is 9.84 Å². The Morgan fingerprint density at radius 2 is 1.74 bits per heavy atom. The summed E-state index contributed by atoms with van der Waals surface area (Å²) in [6, 6.07) is 13.4. The first-order valence-corrected chi connectivity index (χ1v) is 7.86. The van der Waals surface area contributed by atoms with Gasteiger partial charge in [0.25, 0.3) is 0 Å². The summed E-state index contributed by atoms with van der Waals surface area (Å²) < 4.78 is 28.4. The summed E-state index contributed by atoms with van der Waals surface area (Å²) >= 11 is 0. The molecule has 2 rings (SSSR count). The molecule has 1 N–H and O–H groups in total. The van der Waals surface area contributed by atoms with Crippen molar-refractivity contribution in [3.8, 4) is 5.75 Å². The van der Waals surface area contributed by atoms with Crippen LogP contribution in [-0.2, 0) is 9.84 Å². The van der Waals surface area contributed by atoms with Gasteiger partial charge in [-0.15, -0.1) is 0 Å². The highest BCUT2D eigenvalue weighted by atomic mass is 32.2. The molecule has 19 heavy (non-hydrogen) atoms. The molecule has 0 fully saturated rings. The minimum Gasteiger partial charge on any atom is -0.492 e. The van der Waals surface area contributed by atoms with Gasteiger partial charge in [-0.2, -0.15) is 0 Å². The van der Waals surface area contributed by atoms with Crippen LogP contribution in [0.2, 0.25) is 0 Å². The topological polar surface area (TPSA) is 63.6 Å². The van der Waals surface area contributed by atoms with Crippen LogP contribution in [0.4, 0.5) is 0 Å². The van der Waals surface area contributed by atoms with Gasteiger partial charge in [0.05, 0.1) is 18.1 Å². The molecule has 0 atom stereocenters. The summed E-state index contributed by atoms with van der Waals surface area (Å²) in [5, 5.41) is 10.7. The van der Waals surface area contributed by atoms with Gasteiger partial charge >= 0.3 is 0 Å². The standard InChI is InChI=1S/C14H16O4S/c15-8-10-19(16,17)11-9-18-14-7-3-5-12-4-1-2-6-13(12)14/h1-7,15H,8-11H2. The Morgan fingerprint density at radius 3 is 2.53 bits per heavy atom. The molecule has 5 heteroatoms. The Morgan fingerprint density at radius 1 is 1.00 bits per heavy atom. The molecule has 0 aliphatic rings. The van der Waals surface area contributed by atoms with E-state index in [0.29, 0.717) is 5.75 Å². The van der Waals surface area contributed by atoms with Crippen LogP contribution < -0.4 is 4.74 Å². The van der Waals surface area contributed by atoms with E-state index >= 15 is 0 Å². The maximum absolute atomic E-state index is 11.4. The van der Waals surface area contributed by atoms with E-state index < -0.39 is 9.84 Å². The number of fused-ring (bicyclic) bond motifs is 1. The summed E-state index contributed by atoms with van der Waals surface area (Å²) in [5.41, 5.74) is 0. The number of hydrogen-bond donors (Lipinski definition) is 1. The number of sulfone groups is 1. The lowest BCUT2D eigenvalue weighted by molar-refractivity contribution is 0.318. The van der Waals surface area contributed by atoms with E-state index in [1.54, 1.807) is 0 Å². The van der Waals surface area contributed by atoms with Crippen molar-refractivity contribution < 1.29 is 18.3 Å². The lowest BCUT2D eigenvalue weighted by Gasteiger charge is -2.09. The fraction of sp³-hybridized carbons (Fsp3) is 0.286. The largest absolute Gasteiger partial charge is 0.492 e.